The van der Waals surface area contributed by atoms with E-state index in [9.17, 15) is 10.1 Å². The van der Waals surface area contributed by atoms with E-state index in [0.29, 0.717) is 4.88 Å². The summed E-state index contributed by atoms with van der Waals surface area (Å²) in [5, 5.41) is 12.2. The van der Waals surface area contributed by atoms with E-state index < -0.39 is 4.92 Å². The molecule has 1 aromatic heterocycles. The van der Waals surface area contributed by atoms with E-state index in [1.807, 2.05) is 20.8 Å². The highest BCUT2D eigenvalue weighted by molar-refractivity contribution is 7.11. The van der Waals surface area contributed by atoms with Gasteiger partial charge in [-0.05, 0) is 32.1 Å². The summed E-state index contributed by atoms with van der Waals surface area (Å²) < 4.78 is 0. The second-order valence-corrected chi connectivity index (χ2v) is 4.81. The summed E-state index contributed by atoms with van der Waals surface area (Å²) in [7, 11) is 0. The monoisotopic (exact) mass is 209 g/mol. The van der Waals surface area contributed by atoms with E-state index in [1.54, 1.807) is 5.38 Å². The molecule has 0 unspecified atom stereocenters. The molecule has 4 heteroatoms. The van der Waals surface area contributed by atoms with E-state index in [-0.39, 0.29) is 11.1 Å². The Hall–Kier alpha value is -1.34. The molecule has 0 atom stereocenters. The summed E-state index contributed by atoms with van der Waals surface area (Å²) >= 11 is 1.30. The van der Waals surface area contributed by atoms with Crippen molar-refractivity contribution < 1.29 is 4.92 Å². The van der Waals surface area contributed by atoms with Crippen molar-refractivity contribution in [3.63, 3.8) is 0 Å². The van der Waals surface area contributed by atoms with Crippen LogP contribution in [0.5, 0.6) is 0 Å². The lowest BCUT2D eigenvalue weighted by Crippen LogP contribution is -1.99. The van der Waals surface area contributed by atoms with Crippen LogP contribution < -0.4 is 0 Å². The lowest BCUT2D eigenvalue weighted by molar-refractivity contribution is -0.384. The smallest absolute Gasteiger partial charge is 0.258 e. The van der Waals surface area contributed by atoms with Gasteiger partial charge in [-0.3, -0.25) is 10.1 Å². The molecule has 0 saturated heterocycles. The third-order valence-electron chi connectivity index (χ3n) is 1.39. The van der Waals surface area contributed by atoms with E-state index in [0.717, 1.165) is 0 Å². The van der Waals surface area contributed by atoms with Gasteiger partial charge in [-0.2, -0.15) is 0 Å². The molecule has 3 nitrogen and oxygen atoms in total. The molecule has 1 heterocycles. The van der Waals surface area contributed by atoms with Crippen LogP contribution in [0, 0.1) is 27.4 Å². The first-order valence-electron chi connectivity index (χ1n) is 4.15. The summed E-state index contributed by atoms with van der Waals surface area (Å²) in [5.74, 6) is 5.82. The molecule has 0 radical (unpaired) electrons. The van der Waals surface area contributed by atoms with Gasteiger partial charge in [0.05, 0.1) is 4.92 Å². The molecule has 0 amide bonds. The maximum atomic E-state index is 10.6. The highest BCUT2D eigenvalue weighted by atomic mass is 32.1. The van der Waals surface area contributed by atoms with Crippen LogP contribution >= 0.6 is 11.3 Å². The molecule has 0 aliphatic heterocycles. The van der Waals surface area contributed by atoms with E-state index in [1.165, 1.54) is 17.4 Å². The lowest BCUT2D eigenvalue weighted by atomic mass is 9.98. The van der Waals surface area contributed by atoms with Gasteiger partial charge in [-0.25, -0.2) is 0 Å². The van der Waals surface area contributed by atoms with Crippen LogP contribution in [0.1, 0.15) is 25.6 Å². The summed E-state index contributed by atoms with van der Waals surface area (Å²) in [5.41, 5.74) is -0.0237. The number of nitro groups is 1. The molecule has 0 aliphatic rings. The van der Waals surface area contributed by atoms with Gasteiger partial charge in [0.2, 0.25) is 0 Å². The fourth-order valence-corrected chi connectivity index (χ4v) is 1.49. The second kappa shape index (κ2) is 3.81. The lowest BCUT2D eigenvalue weighted by Gasteiger charge is -2.06. The zero-order valence-corrected chi connectivity index (χ0v) is 9.14. The van der Waals surface area contributed by atoms with Gasteiger partial charge in [0.1, 0.15) is 0 Å². The zero-order chi connectivity index (χ0) is 10.8. The van der Waals surface area contributed by atoms with Crippen molar-refractivity contribution in [1.29, 1.82) is 0 Å². The molecule has 0 N–H and O–H groups in total. The molecule has 0 bridgehead atoms. The normalized spacial score (nSPS) is 10.5. The topological polar surface area (TPSA) is 43.1 Å². The van der Waals surface area contributed by atoms with Crippen molar-refractivity contribution in [2.45, 2.75) is 20.8 Å². The Labute approximate surface area is 86.9 Å². The Kier molecular flexibility index (Phi) is 2.92. The average molecular weight is 209 g/mol. The van der Waals surface area contributed by atoms with Crippen molar-refractivity contribution >= 4 is 17.0 Å². The van der Waals surface area contributed by atoms with E-state index in [4.69, 9.17) is 0 Å². The van der Waals surface area contributed by atoms with Crippen molar-refractivity contribution in [2.75, 3.05) is 0 Å². The van der Waals surface area contributed by atoms with E-state index in [2.05, 4.69) is 11.8 Å². The number of rotatable bonds is 1. The quantitative estimate of drug-likeness (QED) is 0.405. The molecular weight excluding hydrogens is 198 g/mol. The van der Waals surface area contributed by atoms with Crippen LogP contribution in [0.2, 0.25) is 0 Å². The molecular formula is C10H11NO2S. The third-order valence-corrected chi connectivity index (χ3v) is 2.21. The summed E-state index contributed by atoms with van der Waals surface area (Å²) in [6.45, 7) is 5.92. The Morgan fingerprint density at radius 2 is 2.14 bits per heavy atom. The summed E-state index contributed by atoms with van der Waals surface area (Å²) in [6.07, 6.45) is 0. The molecule has 1 rings (SSSR count). The minimum absolute atomic E-state index is 0.103. The first-order valence-corrected chi connectivity index (χ1v) is 5.03. The van der Waals surface area contributed by atoms with Gasteiger partial charge >= 0.3 is 0 Å². The fraction of sp³-hybridized carbons (Fsp3) is 0.400. The van der Waals surface area contributed by atoms with Crippen LogP contribution in [0.25, 0.3) is 0 Å². The highest BCUT2D eigenvalue weighted by Gasteiger charge is 2.13. The number of thiophene rings is 1. The number of nitrogens with zero attached hydrogens (tertiary/aromatic N) is 1. The Balaban J connectivity index is 3.02. The van der Waals surface area contributed by atoms with Crippen molar-refractivity contribution in [3.05, 3.63) is 26.4 Å². The third kappa shape index (κ3) is 2.86. The number of hydrogen-bond acceptors (Lipinski definition) is 3. The van der Waals surface area contributed by atoms with Crippen molar-refractivity contribution in [2.24, 2.45) is 5.41 Å². The molecule has 1 aromatic rings. The van der Waals surface area contributed by atoms with E-state index >= 15 is 0 Å². The summed E-state index contributed by atoms with van der Waals surface area (Å²) in [6, 6.07) is 1.48. The van der Waals surface area contributed by atoms with Gasteiger partial charge in [-0.1, -0.05) is 5.92 Å². The van der Waals surface area contributed by atoms with Gasteiger partial charge in [-0.15, -0.1) is 11.3 Å². The van der Waals surface area contributed by atoms with Crippen LogP contribution in [0.15, 0.2) is 11.4 Å². The number of hydrogen-bond donors (Lipinski definition) is 0. The Morgan fingerprint density at radius 1 is 1.50 bits per heavy atom. The van der Waals surface area contributed by atoms with Crippen molar-refractivity contribution in [3.8, 4) is 11.8 Å². The minimum Gasteiger partial charge on any atom is -0.258 e. The van der Waals surface area contributed by atoms with Gasteiger partial charge < -0.3 is 0 Å². The predicted molar refractivity (Wildman–Crippen MR) is 57.3 cm³/mol. The highest BCUT2D eigenvalue weighted by Crippen LogP contribution is 2.23. The fourth-order valence-electron chi connectivity index (χ4n) is 0.784. The maximum absolute atomic E-state index is 10.6. The average Bonchev–Trinajstić information content (AvgIpc) is 2.46. The molecule has 0 spiro atoms. The first kappa shape index (κ1) is 10.7. The van der Waals surface area contributed by atoms with Crippen molar-refractivity contribution in [1.82, 2.24) is 0 Å². The van der Waals surface area contributed by atoms with Crippen LogP contribution in [0.4, 0.5) is 5.69 Å². The minimum atomic E-state index is -0.400. The zero-order valence-electron chi connectivity index (χ0n) is 8.33. The van der Waals surface area contributed by atoms with Gasteiger partial charge in [0, 0.05) is 11.5 Å². The summed E-state index contributed by atoms with van der Waals surface area (Å²) in [4.78, 5) is 10.7. The van der Waals surface area contributed by atoms with Crippen LogP contribution in [0.3, 0.4) is 0 Å². The molecule has 0 aliphatic carbocycles. The largest absolute Gasteiger partial charge is 0.295 e. The molecule has 14 heavy (non-hydrogen) atoms. The molecule has 0 fully saturated rings. The SMILES string of the molecule is CC(C)(C)C#Cc1sccc1[N+](=O)[O-]. The van der Waals surface area contributed by atoms with Crippen LogP contribution in [-0.2, 0) is 0 Å². The first-order chi connectivity index (χ1) is 6.40. The Morgan fingerprint density at radius 3 is 2.64 bits per heavy atom. The Bertz CT molecular complexity index is 404. The van der Waals surface area contributed by atoms with Gasteiger partial charge in [0.15, 0.2) is 4.88 Å². The molecule has 74 valence electrons. The second-order valence-electron chi connectivity index (χ2n) is 3.89. The molecule has 0 aromatic carbocycles. The van der Waals surface area contributed by atoms with Gasteiger partial charge in [0.25, 0.3) is 5.69 Å². The maximum Gasteiger partial charge on any atom is 0.295 e. The molecule has 0 saturated carbocycles. The van der Waals surface area contributed by atoms with Crippen LogP contribution in [-0.4, -0.2) is 4.92 Å². The predicted octanol–water partition coefficient (Wildman–Crippen LogP) is 3.05. The standard InChI is InChI=1S/C10H11NO2S/c1-10(2,3)6-4-9-8(11(12)13)5-7-14-9/h5,7H,1-3H3.